The van der Waals surface area contributed by atoms with E-state index >= 15 is 0 Å². The number of carbonyl (C=O) groups excluding carboxylic acids is 1. The van der Waals surface area contributed by atoms with Crippen LogP contribution in [-0.4, -0.2) is 55.1 Å². The first-order valence-corrected chi connectivity index (χ1v) is 10.9. The molecule has 0 saturated carbocycles. The molecule has 5 nitrogen and oxygen atoms in total. The second-order valence-corrected chi connectivity index (χ2v) is 8.30. The van der Waals surface area contributed by atoms with E-state index in [4.69, 9.17) is 0 Å². The molecular weight excluding hydrogens is 360 g/mol. The Morgan fingerprint density at radius 3 is 2.21 bits per heavy atom. The van der Waals surface area contributed by atoms with Crippen LogP contribution < -0.4 is 9.80 Å². The molecule has 0 aliphatic carbocycles. The van der Waals surface area contributed by atoms with Gasteiger partial charge in [-0.3, -0.25) is 4.79 Å². The third kappa shape index (κ3) is 4.39. The van der Waals surface area contributed by atoms with Crippen molar-refractivity contribution in [2.75, 3.05) is 49.1 Å². The lowest BCUT2D eigenvalue weighted by Crippen LogP contribution is -2.49. The van der Waals surface area contributed by atoms with E-state index in [2.05, 4.69) is 52.9 Å². The van der Waals surface area contributed by atoms with Crippen molar-refractivity contribution in [1.82, 2.24) is 9.88 Å². The molecule has 0 N–H and O–H groups in total. The first-order valence-electron chi connectivity index (χ1n) is 10.9. The van der Waals surface area contributed by atoms with Gasteiger partial charge in [0.2, 0.25) is 0 Å². The van der Waals surface area contributed by atoms with Crippen LogP contribution in [0.15, 0.2) is 36.5 Å². The minimum absolute atomic E-state index is 0.0491. The summed E-state index contributed by atoms with van der Waals surface area (Å²) in [6, 6.07) is 10.4. The SMILES string of the molecule is Cc1cccc(N2CCN(C(=O)c3ccc(N4CCCCCC4)cn3)CC2)c1C. The Kier molecular flexibility index (Phi) is 6.02. The number of aryl methyl sites for hydroxylation is 1. The van der Waals surface area contributed by atoms with Crippen LogP contribution in [-0.2, 0) is 0 Å². The quantitative estimate of drug-likeness (QED) is 0.790. The number of piperazine rings is 1. The number of anilines is 2. The average Bonchev–Trinajstić information content (AvgIpc) is 3.05. The molecule has 0 unspecified atom stereocenters. The number of hydrogen-bond donors (Lipinski definition) is 0. The van der Waals surface area contributed by atoms with Crippen LogP contribution >= 0.6 is 0 Å². The molecule has 1 aromatic heterocycles. The zero-order chi connectivity index (χ0) is 20.2. The maximum Gasteiger partial charge on any atom is 0.272 e. The molecule has 0 bridgehead atoms. The molecule has 0 radical (unpaired) electrons. The van der Waals surface area contributed by atoms with E-state index in [9.17, 15) is 4.79 Å². The van der Waals surface area contributed by atoms with Crippen molar-refractivity contribution in [2.45, 2.75) is 39.5 Å². The van der Waals surface area contributed by atoms with Gasteiger partial charge < -0.3 is 14.7 Å². The summed E-state index contributed by atoms with van der Waals surface area (Å²) in [5.41, 5.74) is 5.64. The van der Waals surface area contributed by atoms with Gasteiger partial charge in [-0.1, -0.05) is 25.0 Å². The van der Waals surface area contributed by atoms with Crippen LogP contribution in [0.3, 0.4) is 0 Å². The molecule has 2 aliphatic heterocycles. The molecule has 4 rings (SSSR count). The van der Waals surface area contributed by atoms with Gasteiger partial charge >= 0.3 is 0 Å². The lowest BCUT2D eigenvalue weighted by atomic mass is 10.1. The highest BCUT2D eigenvalue weighted by Crippen LogP contribution is 2.24. The normalized spacial score (nSPS) is 17.9. The second kappa shape index (κ2) is 8.85. The lowest BCUT2D eigenvalue weighted by Gasteiger charge is -2.37. The van der Waals surface area contributed by atoms with E-state index in [1.165, 1.54) is 42.5 Å². The summed E-state index contributed by atoms with van der Waals surface area (Å²) < 4.78 is 0. The van der Waals surface area contributed by atoms with Crippen molar-refractivity contribution in [3.8, 4) is 0 Å². The molecule has 2 saturated heterocycles. The zero-order valence-corrected chi connectivity index (χ0v) is 17.7. The van der Waals surface area contributed by atoms with Crippen molar-refractivity contribution in [1.29, 1.82) is 0 Å². The zero-order valence-electron chi connectivity index (χ0n) is 17.7. The minimum atomic E-state index is 0.0491. The van der Waals surface area contributed by atoms with Crippen molar-refractivity contribution in [3.05, 3.63) is 53.3 Å². The third-order valence-electron chi connectivity index (χ3n) is 6.42. The monoisotopic (exact) mass is 392 g/mol. The number of pyridine rings is 1. The highest BCUT2D eigenvalue weighted by molar-refractivity contribution is 5.92. The van der Waals surface area contributed by atoms with E-state index in [1.54, 1.807) is 0 Å². The molecule has 2 fully saturated rings. The molecule has 0 atom stereocenters. The molecule has 2 aliphatic rings. The van der Waals surface area contributed by atoms with Crippen LogP contribution in [0.1, 0.15) is 47.3 Å². The Balaban J connectivity index is 1.37. The van der Waals surface area contributed by atoms with Crippen molar-refractivity contribution < 1.29 is 4.79 Å². The van der Waals surface area contributed by atoms with Crippen LogP contribution in [0, 0.1) is 13.8 Å². The number of rotatable bonds is 3. The first-order chi connectivity index (χ1) is 14.1. The van der Waals surface area contributed by atoms with Crippen LogP contribution in [0.2, 0.25) is 0 Å². The van der Waals surface area contributed by atoms with Gasteiger partial charge in [0.15, 0.2) is 0 Å². The minimum Gasteiger partial charge on any atom is -0.370 e. The second-order valence-electron chi connectivity index (χ2n) is 8.30. The summed E-state index contributed by atoms with van der Waals surface area (Å²) in [6.07, 6.45) is 6.99. The van der Waals surface area contributed by atoms with Gasteiger partial charge in [-0.05, 0) is 56.0 Å². The summed E-state index contributed by atoms with van der Waals surface area (Å²) >= 11 is 0. The summed E-state index contributed by atoms with van der Waals surface area (Å²) in [5.74, 6) is 0.0491. The number of hydrogen-bond acceptors (Lipinski definition) is 4. The van der Waals surface area contributed by atoms with E-state index in [-0.39, 0.29) is 5.91 Å². The van der Waals surface area contributed by atoms with Crippen LogP contribution in [0.25, 0.3) is 0 Å². The van der Waals surface area contributed by atoms with Crippen molar-refractivity contribution in [2.24, 2.45) is 0 Å². The van der Waals surface area contributed by atoms with Crippen LogP contribution in [0.5, 0.6) is 0 Å². The maximum absolute atomic E-state index is 12.9. The van der Waals surface area contributed by atoms with E-state index in [1.807, 2.05) is 17.2 Å². The van der Waals surface area contributed by atoms with Crippen LogP contribution in [0.4, 0.5) is 11.4 Å². The van der Waals surface area contributed by atoms with Gasteiger partial charge in [0.05, 0.1) is 11.9 Å². The van der Waals surface area contributed by atoms with Crippen molar-refractivity contribution in [3.63, 3.8) is 0 Å². The topological polar surface area (TPSA) is 39.7 Å². The number of carbonyl (C=O) groups is 1. The predicted octanol–water partition coefficient (Wildman–Crippen LogP) is 4.04. The molecule has 3 heterocycles. The molecule has 29 heavy (non-hydrogen) atoms. The third-order valence-corrected chi connectivity index (χ3v) is 6.42. The smallest absolute Gasteiger partial charge is 0.272 e. The largest absolute Gasteiger partial charge is 0.370 e. The first kappa shape index (κ1) is 19.7. The fourth-order valence-electron chi connectivity index (χ4n) is 4.42. The Morgan fingerprint density at radius 2 is 1.55 bits per heavy atom. The number of nitrogens with zero attached hydrogens (tertiary/aromatic N) is 4. The molecule has 1 aromatic carbocycles. The fourth-order valence-corrected chi connectivity index (χ4v) is 4.42. The molecule has 154 valence electrons. The number of amides is 1. The average molecular weight is 393 g/mol. The van der Waals surface area contributed by atoms with E-state index < -0.39 is 0 Å². The molecule has 0 spiro atoms. The molecule has 1 amide bonds. The van der Waals surface area contributed by atoms with Gasteiger partial charge in [-0.2, -0.15) is 0 Å². The van der Waals surface area contributed by atoms with E-state index in [0.29, 0.717) is 5.69 Å². The Morgan fingerprint density at radius 1 is 0.828 bits per heavy atom. The van der Waals surface area contributed by atoms with E-state index in [0.717, 1.165) is 45.0 Å². The Hall–Kier alpha value is -2.56. The summed E-state index contributed by atoms with van der Waals surface area (Å²) in [5, 5.41) is 0. The lowest BCUT2D eigenvalue weighted by molar-refractivity contribution is 0.0741. The van der Waals surface area contributed by atoms with Gasteiger partial charge in [-0.15, -0.1) is 0 Å². The van der Waals surface area contributed by atoms with Gasteiger partial charge in [0.25, 0.3) is 5.91 Å². The molecule has 2 aromatic rings. The van der Waals surface area contributed by atoms with Crippen molar-refractivity contribution >= 4 is 17.3 Å². The summed E-state index contributed by atoms with van der Waals surface area (Å²) in [6.45, 7) is 9.72. The van der Waals surface area contributed by atoms with Gasteiger partial charge in [0, 0.05) is 45.0 Å². The standard InChI is InChI=1S/C24H32N4O/c1-19-8-7-9-23(20(19)2)27-14-16-28(17-15-27)24(29)22-11-10-21(18-25-22)26-12-5-3-4-6-13-26/h7-11,18H,3-6,12-17H2,1-2H3. The highest BCUT2D eigenvalue weighted by Gasteiger charge is 2.24. The fraction of sp³-hybridized carbons (Fsp3) is 0.500. The predicted molar refractivity (Wildman–Crippen MR) is 119 cm³/mol. The molecular formula is C24H32N4O. The number of benzene rings is 1. The Bertz CT molecular complexity index is 832. The molecule has 5 heteroatoms. The summed E-state index contributed by atoms with van der Waals surface area (Å²) in [7, 11) is 0. The summed E-state index contributed by atoms with van der Waals surface area (Å²) in [4.78, 5) is 24.2. The Labute approximate surface area is 174 Å². The highest BCUT2D eigenvalue weighted by atomic mass is 16.2. The number of aromatic nitrogens is 1. The maximum atomic E-state index is 12.9. The van der Waals surface area contributed by atoms with Gasteiger partial charge in [-0.25, -0.2) is 4.98 Å². The van der Waals surface area contributed by atoms with Gasteiger partial charge in [0.1, 0.15) is 5.69 Å².